The SMILES string of the molecule is CC(C)C1C(C)(C)CCCC1(C)C. The van der Waals surface area contributed by atoms with Crippen molar-refractivity contribution in [2.45, 2.75) is 60.8 Å². The van der Waals surface area contributed by atoms with E-state index in [1.807, 2.05) is 0 Å². The van der Waals surface area contributed by atoms with Crippen LogP contribution in [0.25, 0.3) is 0 Å². The van der Waals surface area contributed by atoms with E-state index in [0.717, 1.165) is 11.8 Å². The standard InChI is InChI=1S/C13H26/c1-10(2)11-12(3,4)8-7-9-13(11,5)6/h10-11H,7-9H2,1-6H3. The zero-order chi connectivity index (χ0) is 10.3. The highest BCUT2D eigenvalue weighted by Gasteiger charge is 2.44. The van der Waals surface area contributed by atoms with Gasteiger partial charge in [-0.05, 0) is 35.5 Å². The summed E-state index contributed by atoms with van der Waals surface area (Å²) in [5, 5.41) is 0. The van der Waals surface area contributed by atoms with E-state index in [2.05, 4.69) is 41.5 Å². The quantitative estimate of drug-likeness (QED) is 0.560. The Balaban J connectivity index is 2.91. The molecule has 13 heavy (non-hydrogen) atoms. The third kappa shape index (κ3) is 2.08. The largest absolute Gasteiger partial charge is 0.0625 e. The molecule has 0 nitrogen and oxygen atoms in total. The van der Waals surface area contributed by atoms with Gasteiger partial charge in [0.25, 0.3) is 0 Å². The van der Waals surface area contributed by atoms with Crippen LogP contribution in [0.2, 0.25) is 0 Å². The molecule has 0 aromatic carbocycles. The molecule has 1 fully saturated rings. The Morgan fingerprint density at radius 2 is 1.31 bits per heavy atom. The minimum absolute atomic E-state index is 0.552. The van der Waals surface area contributed by atoms with Crippen molar-refractivity contribution in [3.63, 3.8) is 0 Å². The van der Waals surface area contributed by atoms with Crippen molar-refractivity contribution in [1.29, 1.82) is 0 Å². The van der Waals surface area contributed by atoms with Crippen LogP contribution < -0.4 is 0 Å². The minimum Gasteiger partial charge on any atom is -0.0625 e. The summed E-state index contributed by atoms with van der Waals surface area (Å²) >= 11 is 0. The molecule has 0 aromatic heterocycles. The zero-order valence-corrected chi connectivity index (χ0v) is 10.3. The third-order valence-electron chi connectivity index (χ3n) is 3.99. The van der Waals surface area contributed by atoms with Gasteiger partial charge in [0.05, 0.1) is 0 Å². The molecule has 0 heterocycles. The number of hydrogen-bond donors (Lipinski definition) is 0. The Morgan fingerprint density at radius 1 is 0.923 bits per heavy atom. The van der Waals surface area contributed by atoms with Crippen molar-refractivity contribution < 1.29 is 0 Å². The van der Waals surface area contributed by atoms with E-state index < -0.39 is 0 Å². The van der Waals surface area contributed by atoms with Gasteiger partial charge in [0.2, 0.25) is 0 Å². The molecule has 1 rings (SSSR count). The van der Waals surface area contributed by atoms with Crippen molar-refractivity contribution in [3.05, 3.63) is 0 Å². The average molecular weight is 182 g/mol. The van der Waals surface area contributed by atoms with Crippen molar-refractivity contribution in [1.82, 2.24) is 0 Å². The maximum Gasteiger partial charge on any atom is -0.0288 e. The predicted molar refractivity (Wildman–Crippen MR) is 59.7 cm³/mol. The molecule has 0 heteroatoms. The maximum absolute atomic E-state index is 2.46. The molecule has 1 saturated carbocycles. The van der Waals surface area contributed by atoms with Gasteiger partial charge in [-0.15, -0.1) is 0 Å². The van der Waals surface area contributed by atoms with Crippen LogP contribution in [0.4, 0.5) is 0 Å². The molecular formula is C13H26. The van der Waals surface area contributed by atoms with Gasteiger partial charge in [-0.1, -0.05) is 48.0 Å². The monoisotopic (exact) mass is 182 g/mol. The van der Waals surface area contributed by atoms with Gasteiger partial charge >= 0.3 is 0 Å². The van der Waals surface area contributed by atoms with Crippen molar-refractivity contribution in [2.75, 3.05) is 0 Å². The topological polar surface area (TPSA) is 0 Å². The molecule has 1 aliphatic rings. The Bertz CT molecular complexity index is 158. The van der Waals surface area contributed by atoms with E-state index in [9.17, 15) is 0 Å². The lowest BCUT2D eigenvalue weighted by Crippen LogP contribution is -2.43. The Kier molecular flexibility index (Phi) is 2.81. The summed E-state index contributed by atoms with van der Waals surface area (Å²) in [6.45, 7) is 14.6. The molecule has 78 valence electrons. The van der Waals surface area contributed by atoms with Crippen LogP contribution in [0, 0.1) is 22.7 Å². The summed E-state index contributed by atoms with van der Waals surface area (Å²) in [5.41, 5.74) is 1.10. The van der Waals surface area contributed by atoms with E-state index in [-0.39, 0.29) is 0 Å². The van der Waals surface area contributed by atoms with Crippen LogP contribution in [-0.4, -0.2) is 0 Å². The Morgan fingerprint density at radius 3 is 1.54 bits per heavy atom. The molecule has 0 radical (unpaired) electrons. The number of hydrogen-bond acceptors (Lipinski definition) is 0. The molecular weight excluding hydrogens is 156 g/mol. The summed E-state index contributed by atoms with van der Waals surface area (Å²) in [6, 6.07) is 0. The van der Waals surface area contributed by atoms with Crippen LogP contribution in [0.15, 0.2) is 0 Å². The van der Waals surface area contributed by atoms with Crippen LogP contribution in [0.1, 0.15) is 60.8 Å². The smallest absolute Gasteiger partial charge is 0.0288 e. The van der Waals surface area contributed by atoms with Crippen LogP contribution in [0.3, 0.4) is 0 Å². The first-order chi connectivity index (χ1) is 5.77. The first-order valence-electron chi connectivity index (χ1n) is 5.77. The minimum atomic E-state index is 0.552. The van der Waals surface area contributed by atoms with Gasteiger partial charge in [0.1, 0.15) is 0 Å². The van der Waals surface area contributed by atoms with Crippen molar-refractivity contribution in [3.8, 4) is 0 Å². The van der Waals surface area contributed by atoms with E-state index in [0.29, 0.717) is 10.8 Å². The lowest BCUT2D eigenvalue weighted by molar-refractivity contribution is -0.0176. The number of rotatable bonds is 1. The molecule has 0 saturated heterocycles. The van der Waals surface area contributed by atoms with E-state index >= 15 is 0 Å². The molecule has 0 atom stereocenters. The molecule has 0 N–H and O–H groups in total. The third-order valence-corrected chi connectivity index (χ3v) is 3.99. The first-order valence-corrected chi connectivity index (χ1v) is 5.77. The van der Waals surface area contributed by atoms with Crippen molar-refractivity contribution in [2.24, 2.45) is 22.7 Å². The summed E-state index contributed by atoms with van der Waals surface area (Å²) in [7, 11) is 0. The zero-order valence-electron chi connectivity index (χ0n) is 10.3. The second-order valence-electron chi connectivity index (χ2n) is 6.55. The average Bonchev–Trinajstić information content (AvgIpc) is 1.79. The van der Waals surface area contributed by atoms with Crippen LogP contribution in [-0.2, 0) is 0 Å². The summed E-state index contributed by atoms with van der Waals surface area (Å²) in [5.74, 6) is 1.71. The first kappa shape index (κ1) is 11.1. The fraction of sp³-hybridized carbons (Fsp3) is 1.00. The fourth-order valence-corrected chi connectivity index (χ4v) is 4.17. The molecule has 1 aliphatic carbocycles. The van der Waals surface area contributed by atoms with Gasteiger partial charge < -0.3 is 0 Å². The maximum atomic E-state index is 2.46. The van der Waals surface area contributed by atoms with E-state index in [1.165, 1.54) is 19.3 Å². The van der Waals surface area contributed by atoms with Gasteiger partial charge in [-0.3, -0.25) is 0 Å². The van der Waals surface area contributed by atoms with Gasteiger partial charge in [0.15, 0.2) is 0 Å². The predicted octanol–water partition coefficient (Wildman–Crippen LogP) is 4.49. The summed E-state index contributed by atoms with van der Waals surface area (Å²) in [4.78, 5) is 0. The Hall–Kier alpha value is 0. The second kappa shape index (κ2) is 3.29. The summed E-state index contributed by atoms with van der Waals surface area (Å²) in [6.07, 6.45) is 4.25. The molecule has 0 spiro atoms. The molecule has 0 aliphatic heterocycles. The molecule has 0 aromatic rings. The van der Waals surface area contributed by atoms with Gasteiger partial charge in [0, 0.05) is 0 Å². The van der Waals surface area contributed by atoms with Gasteiger partial charge in [-0.25, -0.2) is 0 Å². The van der Waals surface area contributed by atoms with Crippen LogP contribution >= 0.6 is 0 Å². The summed E-state index contributed by atoms with van der Waals surface area (Å²) < 4.78 is 0. The van der Waals surface area contributed by atoms with E-state index in [1.54, 1.807) is 0 Å². The highest BCUT2D eigenvalue weighted by Crippen LogP contribution is 2.53. The fourth-order valence-electron chi connectivity index (χ4n) is 4.17. The molecule has 0 amide bonds. The molecule has 0 bridgehead atoms. The normalized spacial score (nSPS) is 27.9. The highest BCUT2D eigenvalue weighted by atomic mass is 14.5. The lowest BCUT2D eigenvalue weighted by Gasteiger charge is -2.51. The van der Waals surface area contributed by atoms with Crippen molar-refractivity contribution >= 4 is 0 Å². The van der Waals surface area contributed by atoms with E-state index in [4.69, 9.17) is 0 Å². The highest BCUT2D eigenvalue weighted by molar-refractivity contribution is 4.94. The Labute approximate surface area is 84.1 Å². The lowest BCUT2D eigenvalue weighted by atomic mass is 9.54. The van der Waals surface area contributed by atoms with Gasteiger partial charge in [-0.2, -0.15) is 0 Å². The second-order valence-corrected chi connectivity index (χ2v) is 6.55. The van der Waals surface area contributed by atoms with Crippen LogP contribution in [0.5, 0.6) is 0 Å². The molecule has 0 unspecified atom stereocenters.